The van der Waals surface area contributed by atoms with Gasteiger partial charge in [-0.3, -0.25) is 4.99 Å². The van der Waals surface area contributed by atoms with E-state index in [-0.39, 0.29) is 30.0 Å². The average molecular weight is 483 g/mol. The van der Waals surface area contributed by atoms with Crippen molar-refractivity contribution in [2.24, 2.45) is 4.99 Å². The third-order valence-electron chi connectivity index (χ3n) is 4.90. The number of anilines is 1. The Labute approximate surface area is 178 Å². The summed E-state index contributed by atoms with van der Waals surface area (Å²) < 4.78 is 5.61. The van der Waals surface area contributed by atoms with Crippen molar-refractivity contribution in [2.75, 3.05) is 25.0 Å². The van der Waals surface area contributed by atoms with Crippen molar-refractivity contribution in [2.45, 2.75) is 46.2 Å². The number of hydrogen-bond donors (Lipinski definition) is 2. The molecule has 1 aliphatic rings. The molecule has 1 aromatic heterocycles. The van der Waals surface area contributed by atoms with Crippen molar-refractivity contribution in [1.29, 1.82) is 0 Å². The van der Waals surface area contributed by atoms with Crippen LogP contribution < -0.4 is 15.5 Å². The number of aromatic nitrogens is 1. The number of nitrogens with zero attached hydrogens (tertiary/aromatic N) is 3. The molecule has 3 rings (SSSR count). The van der Waals surface area contributed by atoms with Gasteiger partial charge in [-0.2, -0.15) is 0 Å². The number of aliphatic imine (C=N–C) groups is 1. The zero-order valence-electron chi connectivity index (χ0n) is 16.6. The Morgan fingerprint density at radius 1 is 1.30 bits per heavy atom. The molecule has 1 saturated heterocycles. The van der Waals surface area contributed by atoms with Gasteiger partial charge < -0.3 is 20.0 Å². The number of nitrogens with one attached hydrogen (secondary N) is 2. The van der Waals surface area contributed by atoms with Crippen LogP contribution in [0.5, 0.6) is 0 Å². The topological polar surface area (TPSA) is 65.7 Å². The van der Waals surface area contributed by atoms with Gasteiger partial charge in [0.25, 0.3) is 0 Å². The van der Waals surface area contributed by atoms with Crippen LogP contribution in [0.3, 0.4) is 0 Å². The first-order valence-corrected chi connectivity index (χ1v) is 9.32. The highest BCUT2D eigenvalue weighted by atomic mass is 127. The highest BCUT2D eigenvalue weighted by Gasteiger charge is 2.15. The van der Waals surface area contributed by atoms with Crippen molar-refractivity contribution >= 4 is 35.6 Å². The molecule has 0 spiro atoms. The van der Waals surface area contributed by atoms with Crippen LogP contribution >= 0.6 is 24.0 Å². The van der Waals surface area contributed by atoms with Gasteiger partial charge in [0.05, 0.1) is 18.3 Å². The van der Waals surface area contributed by atoms with E-state index in [0.29, 0.717) is 12.4 Å². The second kappa shape index (κ2) is 9.96. The summed E-state index contributed by atoms with van der Waals surface area (Å²) in [6.45, 7) is 8.84. The Bertz CT molecular complexity index is 748. The molecule has 1 aromatic carbocycles. The van der Waals surface area contributed by atoms with Gasteiger partial charge in [0.2, 0.25) is 5.89 Å². The summed E-state index contributed by atoms with van der Waals surface area (Å²) in [4.78, 5) is 11.2. The van der Waals surface area contributed by atoms with Gasteiger partial charge in [0, 0.05) is 25.8 Å². The van der Waals surface area contributed by atoms with Crippen LogP contribution in [-0.2, 0) is 6.54 Å². The normalized spacial score (nSPS) is 15.4. The summed E-state index contributed by atoms with van der Waals surface area (Å²) >= 11 is 0. The van der Waals surface area contributed by atoms with E-state index in [9.17, 15) is 0 Å². The fourth-order valence-electron chi connectivity index (χ4n) is 3.22. The molecule has 2 N–H and O–H groups in total. The number of rotatable bonds is 5. The monoisotopic (exact) mass is 483 g/mol. The van der Waals surface area contributed by atoms with E-state index in [2.05, 4.69) is 56.7 Å². The maximum absolute atomic E-state index is 5.61. The maximum atomic E-state index is 5.61. The molecule has 1 fully saturated rings. The van der Waals surface area contributed by atoms with Crippen molar-refractivity contribution in [3.8, 4) is 0 Å². The first-order valence-electron chi connectivity index (χ1n) is 9.32. The van der Waals surface area contributed by atoms with Gasteiger partial charge >= 0.3 is 0 Å². The van der Waals surface area contributed by atoms with Gasteiger partial charge in [-0.05, 0) is 51.3 Å². The largest absolute Gasteiger partial charge is 0.444 e. The highest BCUT2D eigenvalue weighted by molar-refractivity contribution is 14.0. The van der Waals surface area contributed by atoms with Gasteiger partial charge in [-0.1, -0.05) is 12.1 Å². The molecule has 0 amide bonds. The summed E-state index contributed by atoms with van der Waals surface area (Å²) in [6, 6.07) is 8.91. The van der Waals surface area contributed by atoms with E-state index in [4.69, 9.17) is 4.42 Å². The fourth-order valence-corrected chi connectivity index (χ4v) is 3.22. The Hall–Kier alpha value is -1.77. The van der Waals surface area contributed by atoms with Gasteiger partial charge in [-0.25, -0.2) is 4.98 Å². The van der Waals surface area contributed by atoms with Crippen LogP contribution in [0, 0.1) is 13.8 Å². The van der Waals surface area contributed by atoms with Crippen molar-refractivity contribution in [3.63, 3.8) is 0 Å². The van der Waals surface area contributed by atoms with Gasteiger partial charge in [0.15, 0.2) is 5.96 Å². The molecule has 0 aliphatic carbocycles. The minimum Gasteiger partial charge on any atom is -0.444 e. The molecule has 148 valence electrons. The van der Waals surface area contributed by atoms with Crippen LogP contribution in [0.1, 0.15) is 48.7 Å². The smallest absolute Gasteiger partial charge is 0.214 e. The minimum absolute atomic E-state index is 0. The van der Waals surface area contributed by atoms with Gasteiger partial charge in [-0.15, -0.1) is 24.0 Å². The molecular weight excluding hydrogens is 453 g/mol. The SMILES string of the molecule is CN=C(NCc1nc(C)c(C)o1)NC(C)c1cccc(N2CCCC2)c1.I. The Balaban J connectivity index is 0.00000261. The highest BCUT2D eigenvalue weighted by Crippen LogP contribution is 2.23. The lowest BCUT2D eigenvalue weighted by atomic mass is 10.1. The molecule has 1 aliphatic heterocycles. The lowest BCUT2D eigenvalue weighted by Crippen LogP contribution is -2.38. The minimum atomic E-state index is 0. The first kappa shape index (κ1) is 21.5. The second-order valence-electron chi connectivity index (χ2n) is 6.83. The lowest BCUT2D eigenvalue weighted by Gasteiger charge is -2.22. The number of hydrogen-bond acceptors (Lipinski definition) is 4. The molecule has 1 unspecified atom stereocenters. The quantitative estimate of drug-likeness (QED) is 0.383. The van der Waals surface area contributed by atoms with Crippen LogP contribution in [0.15, 0.2) is 33.7 Å². The van der Waals surface area contributed by atoms with E-state index in [1.54, 1.807) is 7.05 Å². The van der Waals surface area contributed by atoms with Crippen LogP contribution in [0.2, 0.25) is 0 Å². The molecular formula is C20H30IN5O. The fraction of sp³-hybridized carbons (Fsp3) is 0.500. The molecule has 0 radical (unpaired) electrons. The number of oxazole rings is 1. The molecule has 2 aromatic rings. The zero-order valence-corrected chi connectivity index (χ0v) is 18.9. The standard InChI is InChI=1S/C20H29N5O.HI/c1-14-16(3)26-19(23-14)13-22-20(21-4)24-15(2)17-8-7-9-18(12-17)25-10-5-6-11-25;/h7-9,12,15H,5-6,10-11,13H2,1-4H3,(H2,21,22,24);1H. The van der Waals surface area contributed by atoms with E-state index < -0.39 is 0 Å². The zero-order chi connectivity index (χ0) is 18.5. The molecule has 6 nitrogen and oxygen atoms in total. The van der Waals surface area contributed by atoms with E-state index in [0.717, 1.165) is 30.5 Å². The van der Waals surface area contributed by atoms with E-state index in [1.807, 2.05) is 13.8 Å². The molecule has 0 saturated carbocycles. The summed E-state index contributed by atoms with van der Waals surface area (Å²) in [5.41, 5.74) is 3.49. The van der Waals surface area contributed by atoms with Crippen molar-refractivity contribution < 1.29 is 4.42 Å². The van der Waals surface area contributed by atoms with Gasteiger partial charge in [0.1, 0.15) is 5.76 Å². The number of guanidine groups is 1. The second-order valence-corrected chi connectivity index (χ2v) is 6.83. The molecule has 2 heterocycles. The van der Waals surface area contributed by atoms with E-state index >= 15 is 0 Å². The summed E-state index contributed by atoms with van der Waals surface area (Å²) in [5, 5.41) is 6.71. The molecule has 1 atom stereocenters. The predicted octanol–water partition coefficient (Wildman–Crippen LogP) is 3.94. The molecule has 0 bridgehead atoms. The Morgan fingerprint density at radius 2 is 2.04 bits per heavy atom. The third kappa shape index (κ3) is 5.60. The molecule has 7 heteroatoms. The summed E-state index contributed by atoms with van der Waals surface area (Å²) in [6.07, 6.45) is 2.57. The average Bonchev–Trinajstić information content (AvgIpc) is 3.29. The first-order chi connectivity index (χ1) is 12.6. The predicted molar refractivity (Wildman–Crippen MR) is 121 cm³/mol. The Morgan fingerprint density at radius 3 is 2.67 bits per heavy atom. The molecule has 27 heavy (non-hydrogen) atoms. The summed E-state index contributed by atoms with van der Waals surface area (Å²) in [7, 11) is 1.77. The number of aryl methyl sites for hydroxylation is 2. The van der Waals surface area contributed by atoms with Crippen molar-refractivity contribution in [1.82, 2.24) is 15.6 Å². The maximum Gasteiger partial charge on any atom is 0.214 e. The van der Waals surface area contributed by atoms with Crippen LogP contribution in [0.4, 0.5) is 5.69 Å². The van der Waals surface area contributed by atoms with Crippen LogP contribution in [0.25, 0.3) is 0 Å². The van der Waals surface area contributed by atoms with Crippen LogP contribution in [-0.4, -0.2) is 31.1 Å². The third-order valence-corrected chi connectivity index (χ3v) is 4.90. The number of benzene rings is 1. The number of halogens is 1. The van der Waals surface area contributed by atoms with Crippen molar-refractivity contribution in [3.05, 3.63) is 47.2 Å². The lowest BCUT2D eigenvalue weighted by molar-refractivity contribution is 0.463. The summed E-state index contributed by atoms with van der Waals surface area (Å²) in [5.74, 6) is 2.26. The van der Waals surface area contributed by atoms with E-state index in [1.165, 1.54) is 24.1 Å². The Kier molecular flexibility index (Phi) is 7.94.